The average molecular weight is 487 g/mol. The lowest BCUT2D eigenvalue weighted by atomic mass is 10.0. The summed E-state index contributed by atoms with van der Waals surface area (Å²) in [7, 11) is -1.88. The van der Waals surface area contributed by atoms with E-state index < -0.39 is 16.1 Å². The van der Waals surface area contributed by atoms with Crippen molar-refractivity contribution < 1.29 is 18.3 Å². The van der Waals surface area contributed by atoms with Crippen LogP contribution in [0.15, 0.2) is 41.8 Å². The second-order valence-corrected chi connectivity index (χ2v) is 11.1. The molecule has 1 N–H and O–H groups in total. The molecule has 0 spiro atoms. The molecule has 9 heteroatoms. The fourth-order valence-electron chi connectivity index (χ4n) is 3.84. The van der Waals surface area contributed by atoms with Gasteiger partial charge in [0.1, 0.15) is 23.1 Å². The molecule has 0 fully saturated rings. The van der Waals surface area contributed by atoms with Crippen LogP contribution in [-0.2, 0) is 16.6 Å². The van der Waals surface area contributed by atoms with E-state index in [1.165, 1.54) is 10.6 Å². The minimum atomic E-state index is -3.87. The molecule has 184 valence electrons. The number of likely N-dealkylation sites (N-methyl/N-ethyl adjacent to an activating group) is 1. The van der Waals surface area contributed by atoms with Crippen molar-refractivity contribution in [3.8, 4) is 17.6 Å². The number of hydrogen-bond donors (Lipinski definition) is 1. The SMILES string of the molecule is CC(C)C#Cc1ccc2c(c1)O[C@H](CN(C)Cc1cncnc1)[C@@H](C)CN([C@H](C)CO)S2(=O)=O. The van der Waals surface area contributed by atoms with Crippen LogP contribution in [0.3, 0.4) is 0 Å². The van der Waals surface area contributed by atoms with E-state index in [2.05, 4.69) is 26.7 Å². The highest BCUT2D eigenvalue weighted by atomic mass is 32.2. The first kappa shape index (κ1) is 26.1. The molecule has 1 aliphatic heterocycles. The van der Waals surface area contributed by atoms with Crippen molar-refractivity contribution in [1.82, 2.24) is 19.2 Å². The zero-order valence-electron chi connectivity index (χ0n) is 20.5. The number of sulfonamides is 1. The molecular weight excluding hydrogens is 452 g/mol. The van der Waals surface area contributed by atoms with Gasteiger partial charge in [-0.2, -0.15) is 4.31 Å². The van der Waals surface area contributed by atoms with Gasteiger partial charge in [-0.25, -0.2) is 18.4 Å². The molecular formula is C25H34N4O4S. The summed E-state index contributed by atoms with van der Waals surface area (Å²) in [5.41, 5.74) is 1.68. The third-order valence-electron chi connectivity index (χ3n) is 5.73. The van der Waals surface area contributed by atoms with Crippen molar-refractivity contribution in [1.29, 1.82) is 0 Å². The summed E-state index contributed by atoms with van der Waals surface area (Å²) in [4.78, 5) is 10.3. The summed E-state index contributed by atoms with van der Waals surface area (Å²) in [6.07, 6.45) is 4.76. The Morgan fingerprint density at radius 2 is 1.97 bits per heavy atom. The highest BCUT2D eigenvalue weighted by molar-refractivity contribution is 7.89. The minimum absolute atomic E-state index is 0.0962. The lowest BCUT2D eigenvalue weighted by Gasteiger charge is -2.37. The monoisotopic (exact) mass is 486 g/mol. The summed E-state index contributed by atoms with van der Waals surface area (Å²) >= 11 is 0. The summed E-state index contributed by atoms with van der Waals surface area (Å²) in [5.74, 6) is 6.57. The quantitative estimate of drug-likeness (QED) is 0.627. The van der Waals surface area contributed by atoms with Gasteiger partial charge in [0, 0.05) is 61.0 Å². The van der Waals surface area contributed by atoms with Crippen LogP contribution in [-0.4, -0.2) is 71.6 Å². The predicted molar refractivity (Wildman–Crippen MR) is 131 cm³/mol. The van der Waals surface area contributed by atoms with Gasteiger partial charge < -0.3 is 9.84 Å². The van der Waals surface area contributed by atoms with Crippen LogP contribution in [0.25, 0.3) is 0 Å². The molecule has 1 aromatic carbocycles. The largest absolute Gasteiger partial charge is 0.487 e. The average Bonchev–Trinajstić information content (AvgIpc) is 2.80. The van der Waals surface area contributed by atoms with Crippen LogP contribution in [0.5, 0.6) is 5.75 Å². The van der Waals surface area contributed by atoms with Crippen molar-refractivity contribution in [2.75, 3.05) is 26.7 Å². The van der Waals surface area contributed by atoms with Crippen molar-refractivity contribution in [2.24, 2.45) is 11.8 Å². The van der Waals surface area contributed by atoms with Crippen LogP contribution in [0, 0.1) is 23.7 Å². The third-order valence-corrected chi connectivity index (χ3v) is 7.75. The Labute approximate surface area is 203 Å². The number of aromatic nitrogens is 2. The maximum atomic E-state index is 13.5. The molecule has 0 aliphatic carbocycles. The highest BCUT2D eigenvalue weighted by Gasteiger charge is 2.38. The number of hydrogen-bond acceptors (Lipinski definition) is 7. The molecule has 0 saturated heterocycles. The summed E-state index contributed by atoms with van der Waals surface area (Å²) < 4.78 is 34.9. The Balaban J connectivity index is 1.99. The zero-order chi connectivity index (χ0) is 24.9. The van der Waals surface area contributed by atoms with Gasteiger partial charge in [-0.05, 0) is 32.2 Å². The van der Waals surface area contributed by atoms with Gasteiger partial charge in [0.25, 0.3) is 0 Å². The maximum Gasteiger partial charge on any atom is 0.247 e. The molecule has 2 aromatic rings. The summed E-state index contributed by atoms with van der Waals surface area (Å²) in [6.45, 7) is 8.87. The molecule has 3 atom stereocenters. The Bertz CT molecular complexity index is 1130. The number of nitrogens with zero attached hydrogens (tertiary/aromatic N) is 4. The van der Waals surface area contributed by atoms with E-state index in [1.54, 1.807) is 37.5 Å². The number of aliphatic hydroxyl groups excluding tert-OH is 1. The van der Waals surface area contributed by atoms with Crippen LogP contribution in [0.2, 0.25) is 0 Å². The van der Waals surface area contributed by atoms with E-state index >= 15 is 0 Å². The maximum absolute atomic E-state index is 13.5. The van der Waals surface area contributed by atoms with Crippen molar-refractivity contribution >= 4 is 10.0 Å². The Morgan fingerprint density at radius 3 is 2.62 bits per heavy atom. The first-order valence-electron chi connectivity index (χ1n) is 11.5. The molecule has 1 aliphatic rings. The number of aliphatic hydroxyl groups is 1. The molecule has 0 bridgehead atoms. The standard InChI is InChI=1S/C25H34N4O4S/c1-18(2)6-7-21-8-9-25-23(10-21)33-24(15-28(5)14-22-11-26-17-27-12-22)19(3)13-29(20(4)16-30)34(25,31)32/h8-12,17-20,24,30H,13-16H2,1-5H3/t19-,20+,24+/m0/s1. The molecule has 0 unspecified atom stereocenters. The van der Waals surface area contributed by atoms with E-state index in [-0.39, 0.29) is 36.0 Å². The van der Waals surface area contributed by atoms with Gasteiger partial charge in [0.05, 0.1) is 6.61 Å². The van der Waals surface area contributed by atoms with E-state index in [4.69, 9.17) is 4.74 Å². The Morgan fingerprint density at radius 1 is 1.26 bits per heavy atom. The van der Waals surface area contributed by atoms with Gasteiger partial charge in [-0.15, -0.1) is 0 Å². The Hall–Kier alpha value is -2.51. The van der Waals surface area contributed by atoms with Crippen LogP contribution >= 0.6 is 0 Å². The van der Waals surface area contributed by atoms with Crippen molar-refractivity contribution in [3.05, 3.63) is 48.0 Å². The summed E-state index contributed by atoms with van der Waals surface area (Å²) in [5, 5.41) is 9.78. The number of ether oxygens (including phenoxy) is 1. The molecule has 2 heterocycles. The van der Waals surface area contributed by atoms with Crippen LogP contribution in [0.1, 0.15) is 38.8 Å². The topological polar surface area (TPSA) is 95.9 Å². The molecule has 0 radical (unpaired) electrons. The van der Waals surface area contributed by atoms with Gasteiger partial charge in [0.2, 0.25) is 10.0 Å². The number of fused-ring (bicyclic) bond motifs is 1. The minimum Gasteiger partial charge on any atom is -0.487 e. The second kappa shape index (κ2) is 11.3. The van der Waals surface area contributed by atoms with Gasteiger partial charge in [-0.1, -0.05) is 32.6 Å². The predicted octanol–water partition coefficient (Wildman–Crippen LogP) is 2.38. The second-order valence-electron chi connectivity index (χ2n) is 9.27. The van der Waals surface area contributed by atoms with E-state index in [0.717, 1.165) is 5.56 Å². The highest BCUT2D eigenvalue weighted by Crippen LogP contribution is 2.34. The van der Waals surface area contributed by atoms with Gasteiger partial charge in [-0.3, -0.25) is 4.90 Å². The summed E-state index contributed by atoms with van der Waals surface area (Å²) in [6, 6.07) is 4.42. The van der Waals surface area contributed by atoms with E-state index in [0.29, 0.717) is 24.4 Å². The van der Waals surface area contributed by atoms with Gasteiger partial charge >= 0.3 is 0 Å². The molecule has 1 aromatic heterocycles. The van der Waals surface area contributed by atoms with Crippen molar-refractivity contribution in [2.45, 2.75) is 51.3 Å². The molecule has 3 rings (SSSR count). The fourth-order valence-corrected chi connectivity index (χ4v) is 5.67. The van der Waals surface area contributed by atoms with Crippen LogP contribution in [0.4, 0.5) is 0 Å². The zero-order valence-corrected chi connectivity index (χ0v) is 21.3. The van der Waals surface area contributed by atoms with E-state index in [9.17, 15) is 13.5 Å². The molecule has 0 amide bonds. The molecule has 34 heavy (non-hydrogen) atoms. The van der Waals surface area contributed by atoms with Crippen LogP contribution < -0.4 is 4.74 Å². The number of rotatable bonds is 6. The lowest BCUT2D eigenvalue weighted by Crippen LogP contribution is -2.49. The molecule has 8 nitrogen and oxygen atoms in total. The molecule has 0 saturated carbocycles. The third kappa shape index (κ3) is 6.33. The number of benzene rings is 1. The van der Waals surface area contributed by atoms with E-state index in [1.807, 2.05) is 27.8 Å². The Kier molecular flexibility index (Phi) is 8.66. The smallest absolute Gasteiger partial charge is 0.247 e. The lowest BCUT2D eigenvalue weighted by molar-refractivity contribution is 0.0733. The fraction of sp³-hybridized carbons (Fsp3) is 0.520. The first-order valence-corrected chi connectivity index (χ1v) is 12.9. The van der Waals surface area contributed by atoms with Gasteiger partial charge in [0.15, 0.2) is 0 Å². The van der Waals surface area contributed by atoms with Crippen molar-refractivity contribution in [3.63, 3.8) is 0 Å². The normalized spacial score (nSPS) is 21.1. The first-order chi connectivity index (χ1) is 16.1.